The molecule has 2 aromatic rings. The fraction of sp³-hybridized carbons (Fsp3) is 0.423. The van der Waals surface area contributed by atoms with E-state index in [0.717, 1.165) is 47.9 Å². The molecular weight excluding hydrogens is 420 g/mol. The van der Waals surface area contributed by atoms with Gasteiger partial charge >= 0.3 is 12.1 Å². The first-order valence-electron chi connectivity index (χ1n) is 11.6. The van der Waals surface area contributed by atoms with Crippen molar-refractivity contribution in [1.82, 2.24) is 10.2 Å². The molecule has 2 amide bonds. The summed E-state index contributed by atoms with van der Waals surface area (Å²) in [5, 5.41) is 11.8. The molecule has 33 heavy (non-hydrogen) atoms. The Morgan fingerprint density at radius 1 is 0.970 bits per heavy atom. The first-order valence-corrected chi connectivity index (χ1v) is 11.6. The zero-order chi connectivity index (χ0) is 23.6. The van der Waals surface area contributed by atoms with Crippen molar-refractivity contribution in [3.8, 4) is 11.1 Å². The van der Waals surface area contributed by atoms with Crippen LogP contribution < -0.4 is 5.32 Å². The molecule has 0 fully saturated rings. The Kier molecular flexibility index (Phi) is 8.87. The van der Waals surface area contributed by atoms with Gasteiger partial charge in [0.25, 0.3) is 0 Å². The van der Waals surface area contributed by atoms with Crippen LogP contribution in [0.5, 0.6) is 0 Å². The number of hydrogen-bond acceptors (Lipinski definition) is 4. The van der Waals surface area contributed by atoms with Gasteiger partial charge in [-0.2, -0.15) is 0 Å². The second kappa shape index (κ2) is 12.0. The van der Waals surface area contributed by atoms with Crippen LogP contribution in [0, 0.1) is 0 Å². The van der Waals surface area contributed by atoms with Crippen molar-refractivity contribution < 1.29 is 24.2 Å². The van der Waals surface area contributed by atoms with Crippen LogP contribution in [0.25, 0.3) is 11.1 Å². The number of hydrogen-bond donors (Lipinski definition) is 2. The number of fused-ring (bicyclic) bond motifs is 3. The number of unbranched alkanes of at least 4 members (excludes halogenated alkanes) is 3. The van der Waals surface area contributed by atoms with Gasteiger partial charge in [-0.1, -0.05) is 74.7 Å². The predicted octanol–water partition coefficient (Wildman–Crippen LogP) is 4.41. The van der Waals surface area contributed by atoms with E-state index in [2.05, 4.69) is 36.5 Å². The summed E-state index contributed by atoms with van der Waals surface area (Å²) in [6, 6.07) is 16.2. The van der Waals surface area contributed by atoms with Gasteiger partial charge in [0.2, 0.25) is 5.91 Å². The second-order valence-corrected chi connectivity index (χ2v) is 8.27. The highest BCUT2D eigenvalue weighted by molar-refractivity contribution is 5.81. The Morgan fingerprint density at radius 3 is 2.21 bits per heavy atom. The van der Waals surface area contributed by atoms with Gasteiger partial charge in [-0.25, -0.2) is 4.79 Å². The van der Waals surface area contributed by atoms with Crippen molar-refractivity contribution in [2.24, 2.45) is 0 Å². The maximum Gasteiger partial charge on any atom is 0.407 e. The number of ether oxygens (including phenoxy) is 1. The standard InChI is InChI=1S/C26H32N2O5/c1-2-3-4-5-14-24(29)28(17-25(30)31)16-15-27-26(32)33-18-23-21-12-8-6-10-19(21)20-11-7-9-13-22(20)23/h6-13,23H,2-5,14-18H2,1H3,(H,27,32)(H,30,31). The van der Waals surface area contributed by atoms with Gasteiger partial charge < -0.3 is 20.1 Å². The Morgan fingerprint density at radius 2 is 1.61 bits per heavy atom. The van der Waals surface area contributed by atoms with Gasteiger partial charge in [0.1, 0.15) is 13.2 Å². The third-order valence-electron chi connectivity index (χ3n) is 5.92. The van der Waals surface area contributed by atoms with Crippen LogP contribution >= 0.6 is 0 Å². The summed E-state index contributed by atoms with van der Waals surface area (Å²) in [5.41, 5.74) is 4.58. The zero-order valence-corrected chi connectivity index (χ0v) is 19.1. The van der Waals surface area contributed by atoms with E-state index >= 15 is 0 Å². The summed E-state index contributed by atoms with van der Waals surface area (Å²) in [6.07, 6.45) is 3.54. The largest absolute Gasteiger partial charge is 0.480 e. The number of benzene rings is 2. The molecule has 0 atom stereocenters. The monoisotopic (exact) mass is 452 g/mol. The lowest BCUT2D eigenvalue weighted by Crippen LogP contribution is -2.41. The highest BCUT2D eigenvalue weighted by atomic mass is 16.5. The minimum Gasteiger partial charge on any atom is -0.480 e. The van der Waals surface area contributed by atoms with Crippen LogP contribution in [-0.4, -0.2) is 54.2 Å². The van der Waals surface area contributed by atoms with Crippen molar-refractivity contribution >= 4 is 18.0 Å². The number of nitrogens with zero attached hydrogens (tertiary/aromatic N) is 1. The molecule has 0 radical (unpaired) electrons. The molecule has 0 bridgehead atoms. The average molecular weight is 453 g/mol. The third kappa shape index (κ3) is 6.57. The number of carboxylic acid groups (broad SMARTS) is 1. The summed E-state index contributed by atoms with van der Waals surface area (Å²) >= 11 is 0. The molecule has 0 spiro atoms. The number of nitrogens with one attached hydrogen (secondary N) is 1. The van der Waals surface area contributed by atoms with Crippen molar-refractivity contribution in [1.29, 1.82) is 0 Å². The first kappa shape index (κ1) is 24.3. The van der Waals surface area contributed by atoms with Crippen LogP contribution in [0.15, 0.2) is 48.5 Å². The van der Waals surface area contributed by atoms with E-state index in [4.69, 9.17) is 9.84 Å². The van der Waals surface area contributed by atoms with Gasteiger partial charge in [-0.3, -0.25) is 9.59 Å². The van der Waals surface area contributed by atoms with E-state index in [1.807, 2.05) is 24.3 Å². The van der Waals surface area contributed by atoms with Crippen molar-refractivity contribution in [2.45, 2.75) is 44.9 Å². The van der Waals surface area contributed by atoms with E-state index in [9.17, 15) is 14.4 Å². The molecule has 0 unspecified atom stereocenters. The maximum absolute atomic E-state index is 12.4. The second-order valence-electron chi connectivity index (χ2n) is 8.27. The lowest BCUT2D eigenvalue weighted by Gasteiger charge is -2.21. The molecule has 7 nitrogen and oxygen atoms in total. The zero-order valence-electron chi connectivity index (χ0n) is 19.1. The smallest absolute Gasteiger partial charge is 0.407 e. The van der Waals surface area contributed by atoms with Gasteiger partial charge in [-0.15, -0.1) is 0 Å². The molecule has 0 saturated heterocycles. The van der Waals surface area contributed by atoms with Crippen LogP contribution in [-0.2, 0) is 14.3 Å². The maximum atomic E-state index is 12.4. The molecule has 2 aromatic carbocycles. The topological polar surface area (TPSA) is 95.9 Å². The number of amides is 2. The predicted molar refractivity (Wildman–Crippen MR) is 126 cm³/mol. The summed E-state index contributed by atoms with van der Waals surface area (Å²) < 4.78 is 5.49. The number of aliphatic carboxylic acids is 1. The van der Waals surface area contributed by atoms with Gasteiger partial charge in [-0.05, 0) is 28.7 Å². The van der Waals surface area contributed by atoms with Crippen LogP contribution in [0.3, 0.4) is 0 Å². The normalized spacial score (nSPS) is 12.0. The molecule has 1 aliphatic rings. The van der Waals surface area contributed by atoms with E-state index in [-0.39, 0.29) is 38.1 Å². The number of rotatable bonds is 12. The molecule has 0 aromatic heterocycles. The molecule has 0 saturated carbocycles. The van der Waals surface area contributed by atoms with E-state index < -0.39 is 12.1 Å². The Hall–Kier alpha value is -3.35. The van der Waals surface area contributed by atoms with Gasteiger partial charge in [0.15, 0.2) is 0 Å². The summed E-state index contributed by atoms with van der Waals surface area (Å²) in [4.78, 5) is 37.1. The van der Waals surface area contributed by atoms with Crippen molar-refractivity contribution in [3.05, 3.63) is 59.7 Å². The Bertz CT molecular complexity index is 929. The summed E-state index contributed by atoms with van der Waals surface area (Å²) in [6.45, 7) is 2.18. The minimum atomic E-state index is -1.07. The Labute approximate surface area is 194 Å². The first-order chi connectivity index (χ1) is 16.0. The number of carbonyl (C=O) groups excluding carboxylic acids is 2. The molecule has 1 aliphatic carbocycles. The summed E-state index contributed by atoms with van der Waals surface area (Å²) in [5.74, 6) is -1.31. The number of alkyl carbamates (subject to hydrolysis) is 1. The molecule has 2 N–H and O–H groups in total. The number of carbonyl (C=O) groups is 3. The third-order valence-corrected chi connectivity index (χ3v) is 5.92. The van der Waals surface area contributed by atoms with Crippen LogP contribution in [0.2, 0.25) is 0 Å². The molecule has 176 valence electrons. The lowest BCUT2D eigenvalue weighted by molar-refractivity contribution is -0.144. The quantitative estimate of drug-likeness (QED) is 0.465. The van der Waals surface area contributed by atoms with Crippen LogP contribution in [0.1, 0.15) is 56.1 Å². The average Bonchev–Trinajstić information content (AvgIpc) is 3.13. The Balaban J connectivity index is 1.48. The lowest BCUT2D eigenvalue weighted by atomic mass is 9.98. The molecule has 3 rings (SSSR count). The summed E-state index contributed by atoms with van der Waals surface area (Å²) in [7, 11) is 0. The van der Waals surface area contributed by atoms with Crippen molar-refractivity contribution in [2.75, 3.05) is 26.2 Å². The highest BCUT2D eigenvalue weighted by Gasteiger charge is 2.29. The van der Waals surface area contributed by atoms with E-state index in [1.165, 1.54) is 4.90 Å². The SMILES string of the molecule is CCCCCCC(=O)N(CCNC(=O)OCC1c2ccccc2-c2ccccc21)CC(=O)O. The van der Waals surface area contributed by atoms with Gasteiger partial charge in [0, 0.05) is 25.4 Å². The minimum absolute atomic E-state index is 0.0312. The molecule has 0 aliphatic heterocycles. The van der Waals surface area contributed by atoms with Gasteiger partial charge in [0.05, 0.1) is 0 Å². The highest BCUT2D eigenvalue weighted by Crippen LogP contribution is 2.44. The van der Waals surface area contributed by atoms with Crippen molar-refractivity contribution in [3.63, 3.8) is 0 Å². The van der Waals surface area contributed by atoms with Crippen LogP contribution in [0.4, 0.5) is 4.79 Å². The number of carboxylic acids is 1. The molecule has 7 heteroatoms. The fourth-order valence-electron chi connectivity index (χ4n) is 4.26. The van der Waals surface area contributed by atoms with E-state index in [0.29, 0.717) is 6.42 Å². The van der Waals surface area contributed by atoms with E-state index in [1.54, 1.807) is 0 Å². The molecule has 0 heterocycles. The fourth-order valence-corrected chi connectivity index (χ4v) is 4.26. The molecular formula is C26H32N2O5.